The lowest BCUT2D eigenvalue weighted by atomic mass is 10.2. The monoisotopic (exact) mass is 458 g/mol. The summed E-state index contributed by atoms with van der Waals surface area (Å²) >= 11 is 11.9. The molecule has 3 aromatic carbocycles. The van der Waals surface area contributed by atoms with Gasteiger partial charge in [0.15, 0.2) is 0 Å². The van der Waals surface area contributed by atoms with Gasteiger partial charge in [0.1, 0.15) is 12.4 Å². The Bertz CT molecular complexity index is 902. The Labute approximate surface area is 194 Å². The Kier molecular flexibility index (Phi) is 9.50. The summed E-state index contributed by atoms with van der Waals surface area (Å²) in [5.41, 5.74) is 2.40. The van der Waals surface area contributed by atoms with Crippen molar-refractivity contribution in [1.29, 1.82) is 0 Å². The normalized spacial score (nSPS) is 14.0. The van der Waals surface area contributed by atoms with E-state index >= 15 is 0 Å². The Balaban J connectivity index is 0.000000330. The Morgan fingerprint density at radius 3 is 2.00 bits per heavy atom. The Hall–Kier alpha value is -2.24. The molecule has 0 saturated carbocycles. The quantitative estimate of drug-likeness (QED) is 0.538. The predicted octanol–water partition coefficient (Wildman–Crippen LogP) is 5.37. The molecule has 0 radical (unpaired) electrons. The van der Waals surface area contributed by atoms with E-state index in [4.69, 9.17) is 33.0 Å². The minimum absolute atomic E-state index is 0.00272. The van der Waals surface area contributed by atoms with Gasteiger partial charge >= 0.3 is 0 Å². The summed E-state index contributed by atoms with van der Waals surface area (Å²) in [6.07, 6.45) is 0. The van der Waals surface area contributed by atoms with Crippen LogP contribution < -0.4 is 9.64 Å². The Morgan fingerprint density at radius 2 is 1.45 bits per heavy atom. The zero-order valence-corrected chi connectivity index (χ0v) is 19.0. The highest BCUT2D eigenvalue weighted by Gasteiger charge is 2.19. The summed E-state index contributed by atoms with van der Waals surface area (Å²) in [6.45, 7) is 5.25. The molecule has 1 N–H and O–H groups in total. The minimum atomic E-state index is 0.00272. The van der Waals surface area contributed by atoms with Crippen molar-refractivity contribution in [2.24, 2.45) is 0 Å². The van der Waals surface area contributed by atoms with E-state index in [1.165, 1.54) is 5.56 Å². The molecule has 164 valence electrons. The molecule has 3 aromatic rings. The first-order chi connectivity index (χ1) is 15.2. The first-order valence-corrected chi connectivity index (χ1v) is 11.2. The molecule has 1 heterocycles. The van der Waals surface area contributed by atoms with Crippen LogP contribution in [0.25, 0.3) is 0 Å². The standard InChI is InChI=1S/C19H23ClN2O2.C6H5Cl/c20-18-14-17(24-13-12-23)6-7-19(18)22-10-8-21(9-11-22)15-16-4-2-1-3-5-16;7-6-4-2-1-3-5-6/h1-7,14,23H,8-13,15H2;1-5H. The minimum Gasteiger partial charge on any atom is -0.491 e. The molecular formula is C25H28Cl2N2O2. The fourth-order valence-electron chi connectivity index (χ4n) is 3.40. The van der Waals surface area contributed by atoms with Gasteiger partial charge in [-0.2, -0.15) is 0 Å². The lowest BCUT2D eigenvalue weighted by molar-refractivity contribution is 0.201. The molecule has 1 aliphatic rings. The number of hydrogen-bond acceptors (Lipinski definition) is 4. The third-order valence-corrected chi connectivity index (χ3v) is 5.53. The van der Waals surface area contributed by atoms with E-state index in [0.29, 0.717) is 10.8 Å². The van der Waals surface area contributed by atoms with Crippen molar-refractivity contribution in [3.8, 4) is 5.75 Å². The van der Waals surface area contributed by atoms with Gasteiger partial charge in [0.2, 0.25) is 0 Å². The van der Waals surface area contributed by atoms with Crippen molar-refractivity contribution in [2.45, 2.75) is 6.54 Å². The number of piperazine rings is 1. The van der Waals surface area contributed by atoms with E-state index in [1.807, 2.05) is 48.5 Å². The fourth-order valence-corrected chi connectivity index (χ4v) is 3.84. The highest BCUT2D eigenvalue weighted by molar-refractivity contribution is 6.33. The number of nitrogens with zero attached hydrogens (tertiary/aromatic N) is 2. The summed E-state index contributed by atoms with van der Waals surface area (Å²) < 4.78 is 5.40. The van der Waals surface area contributed by atoms with Gasteiger partial charge in [-0.1, -0.05) is 71.7 Å². The summed E-state index contributed by atoms with van der Waals surface area (Å²) in [6, 6.07) is 25.8. The average Bonchev–Trinajstić information content (AvgIpc) is 2.80. The van der Waals surface area contributed by atoms with Gasteiger partial charge < -0.3 is 14.7 Å². The zero-order valence-electron chi connectivity index (χ0n) is 17.5. The predicted molar refractivity (Wildman–Crippen MR) is 129 cm³/mol. The molecule has 4 rings (SSSR count). The van der Waals surface area contributed by atoms with E-state index in [2.05, 4.69) is 40.1 Å². The van der Waals surface area contributed by atoms with E-state index < -0.39 is 0 Å². The summed E-state index contributed by atoms with van der Waals surface area (Å²) in [5.74, 6) is 0.695. The number of anilines is 1. The van der Waals surface area contributed by atoms with Gasteiger partial charge in [-0.25, -0.2) is 0 Å². The van der Waals surface area contributed by atoms with Crippen LogP contribution in [0.15, 0.2) is 78.9 Å². The number of ether oxygens (including phenoxy) is 1. The molecule has 0 spiro atoms. The van der Waals surface area contributed by atoms with E-state index in [1.54, 1.807) is 0 Å². The highest BCUT2D eigenvalue weighted by atomic mass is 35.5. The molecule has 0 aromatic heterocycles. The van der Waals surface area contributed by atoms with Gasteiger partial charge in [-0.05, 0) is 29.8 Å². The molecule has 0 amide bonds. The summed E-state index contributed by atoms with van der Waals surface area (Å²) in [4.78, 5) is 4.79. The lowest BCUT2D eigenvalue weighted by Gasteiger charge is -2.36. The van der Waals surface area contributed by atoms with Crippen LogP contribution in [0.3, 0.4) is 0 Å². The molecule has 0 bridgehead atoms. The van der Waals surface area contributed by atoms with Gasteiger partial charge in [-0.15, -0.1) is 0 Å². The van der Waals surface area contributed by atoms with E-state index in [-0.39, 0.29) is 13.2 Å². The van der Waals surface area contributed by atoms with Crippen molar-refractivity contribution in [2.75, 3.05) is 44.3 Å². The van der Waals surface area contributed by atoms with Crippen LogP contribution in [0.5, 0.6) is 5.75 Å². The molecule has 1 fully saturated rings. The van der Waals surface area contributed by atoms with Crippen molar-refractivity contribution in [3.63, 3.8) is 0 Å². The maximum atomic E-state index is 8.82. The van der Waals surface area contributed by atoms with Gasteiger partial charge in [-0.3, -0.25) is 4.90 Å². The van der Waals surface area contributed by atoms with Crippen molar-refractivity contribution in [1.82, 2.24) is 4.90 Å². The van der Waals surface area contributed by atoms with Gasteiger partial charge in [0.25, 0.3) is 0 Å². The molecule has 1 saturated heterocycles. The smallest absolute Gasteiger partial charge is 0.121 e. The third kappa shape index (κ3) is 7.75. The van der Waals surface area contributed by atoms with Crippen molar-refractivity contribution >= 4 is 28.9 Å². The van der Waals surface area contributed by atoms with Gasteiger partial charge in [0.05, 0.1) is 17.3 Å². The molecule has 0 unspecified atom stereocenters. The number of hydrogen-bond donors (Lipinski definition) is 1. The Morgan fingerprint density at radius 1 is 0.806 bits per heavy atom. The summed E-state index contributed by atoms with van der Waals surface area (Å²) in [5, 5.41) is 10.3. The molecule has 31 heavy (non-hydrogen) atoms. The molecule has 4 nitrogen and oxygen atoms in total. The maximum absolute atomic E-state index is 8.82. The number of aliphatic hydroxyl groups is 1. The van der Waals surface area contributed by atoms with Gasteiger partial charge in [0, 0.05) is 43.8 Å². The van der Waals surface area contributed by atoms with Crippen LogP contribution in [0.4, 0.5) is 5.69 Å². The maximum Gasteiger partial charge on any atom is 0.121 e. The van der Waals surface area contributed by atoms with Crippen molar-refractivity contribution in [3.05, 3.63) is 94.5 Å². The van der Waals surface area contributed by atoms with Crippen LogP contribution in [-0.4, -0.2) is 49.4 Å². The van der Waals surface area contributed by atoms with Crippen LogP contribution in [0.2, 0.25) is 10.0 Å². The SMILES string of the molecule is Clc1ccccc1.OCCOc1ccc(N2CCN(Cc3ccccc3)CC2)c(Cl)c1. The summed E-state index contributed by atoms with van der Waals surface area (Å²) in [7, 11) is 0. The number of rotatable bonds is 6. The molecule has 0 aliphatic carbocycles. The first-order valence-electron chi connectivity index (χ1n) is 10.4. The fraction of sp³-hybridized carbons (Fsp3) is 0.280. The second-order valence-corrected chi connectivity index (χ2v) is 8.07. The highest BCUT2D eigenvalue weighted by Crippen LogP contribution is 2.30. The third-order valence-electron chi connectivity index (χ3n) is 4.97. The van der Waals surface area contributed by atoms with E-state index in [0.717, 1.165) is 43.4 Å². The van der Waals surface area contributed by atoms with Crippen molar-refractivity contribution < 1.29 is 9.84 Å². The second-order valence-electron chi connectivity index (χ2n) is 7.23. The number of aliphatic hydroxyl groups excluding tert-OH is 1. The largest absolute Gasteiger partial charge is 0.491 e. The van der Waals surface area contributed by atoms with Crippen LogP contribution in [0, 0.1) is 0 Å². The molecular weight excluding hydrogens is 431 g/mol. The molecule has 6 heteroatoms. The number of benzene rings is 3. The van der Waals surface area contributed by atoms with Crippen LogP contribution in [0.1, 0.15) is 5.56 Å². The van der Waals surface area contributed by atoms with Crippen LogP contribution >= 0.6 is 23.2 Å². The second kappa shape index (κ2) is 12.6. The first kappa shape index (κ1) is 23.4. The number of halogens is 2. The topological polar surface area (TPSA) is 35.9 Å². The zero-order chi connectivity index (χ0) is 21.9. The molecule has 0 atom stereocenters. The molecule has 1 aliphatic heterocycles. The van der Waals surface area contributed by atoms with Crippen LogP contribution in [-0.2, 0) is 6.54 Å². The lowest BCUT2D eigenvalue weighted by Crippen LogP contribution is -2.46. The average molecular weight is 459 g/mol. The van der Waals surface area contributed by atoms with E-state index in [9.17, 15) is 0 Å².